The van der Waals surface area contributed by atoms with Gasteiger partial charge in [0, 0.05) is 0 Å². The summed E-state index contributed by atoms with van der Waals surface area (Å²) in [5.41, 5.74) is -1.59. The molecule has 0 aliphatic heterocycles. The summed E-state index contributed by atoms with van der Waals surface area (Å²) in [5, 5.41) is 9.80. The van der Waals surface area contributed by atoms with Crippen LogP contribution in [0.4, 0.5) is 0 Å². The first-order chi connectivity index (χ1) is 7.83. The fourth-order valence-corrected chi connectivity index (χ4v) is 1.29. The molecule has 8 heteroatoms. The van der Waals surface area contributed by atoms with Gasteiger partial charge in [-0.15, -0.1) is 12.6 Å². The number of carbonyl (C=O) groups excluding carboxylic acids is 1. The van der Waals surface area contributed by atoms with Crippen molar-refractivity contribution in [3.63, 3.8) is 0 Å². The Balaban J connectivity index is -0.000000241. The number of esters is 1. The largest absolute Gasteiger partial charge is 1.00 e. The maximum Gasteiger partial charge on any atom is 1.00 e. The van der Waals surface area contributed by atoms with Crippen LogP contribution >= 0.6 is 24.8 Å². The molecule has 0 heterocycles. The molecule has 0 rings (SSSR count). The van der Waals surface area contributed by atoms with Gasteiger partial charge in [-0.2, -0.15) is 0 Å². The molecule has 0 fully saturated rings. The molecule has 0 bridgehead atoms. The Morgan fingerprint density at radius 2 is 1.40 bits per heavy atom. The van der Waals surface area contributed by atoms with Crippen LogP contribution in [0.2, 0.25) is 0 Å². The molecule has 0 aromatic heterocycles. The minimum absolute atomic E-state index is 0. The van der Waals surface area contributed by atoms with E-state index in [0.29, 0.717) is 0 Å². The number of ether oxygens (including phenoxy) is 2. The van der Waals surface area contributed by atoms with Crippen LogP contribution in [0.25, 0.3) is 0 Å². The molecule has 0 amide bonds. The average Bonchev–Trinajstić information content (AvgIpc) is 1.93. The third kappa shape index (κ3) is 11.9. The quantitative estimate of drug-likeness (QED) is 0.147. The van der Waals surface area contributed by atoms with Gasteiger partial charge in [0.05, 0.1) is 4.20 Å². The van der Waals surface area contributed by atoms with Gasteiger partial charge >= 0.3 is 65.1 Å². The Labute approximate surface area is 179 Å². The van der Waals surface area contributed by atoms with E-state index in [1.54, 1.807) is 41.5 Å². The molecule has 0 atom stereocenters. The smallest absolute Gasteiger partial charge is 1.00 e. The zero-order valence-corrected chi connectivity index (χ0v) is 19.2. The van der Waals surface area contributed by atoms with Crippen molar-refractivity contribution in [2.24, 2.45) is 0 Å². The summed E-state index contributed by atoms with van der Waals surface area (Å²) in [6.45, 7) is 10.3. The Morgan fingerprint density at radius 3 is 1.65 bits per heavy atom. The van der Waals surface area contributed by atoms with E-state index in [-0.39, 0.29) is 71.7 Å². The molecule has 0 aromatic carbocycles. The normalized spacial score (nSPS) is 12.3. The van der Waals surface area contributed by atoms with Crippen molar-refractivity contribution in [2.45, 2.75) is 52.7 Å². The van der Waals surface area contributed by atoms with Gasteiger partial charge in [0.2, 0.25) is 0 Å². The molecule has 0 unspecified atom stereocenters. The van der Waals surface area contributed by atoms with Crippen molar-refractivity contribution in [1.82, 2.24) is 0 Å². The van der Waals surface area contributed by atoms with Crippen LogP contribution in [0.3, 0.4) is 0 Å². The molecule has 108 valence electrons. The fraction of sp³-hybridized carbons (Fsp3) is 0.667. The Bertz CT molecular complexity index is 392. The maximum atomic E-state index is 11.9. The second-order valence-electron chi connectivity index (χ2n) is 5.70. The minimum Gasteiger partial charge on any atom is -1.00 e. The summed E-state index contributed by atoms with van der Waals surface area (Å²) < 4.78 is 10.2. The van der Waals surface area contributed by atoms with Gasteiger partial charge in [0.15, 0.2) is 5.57 Å². The maximum absolute atomic E-state index is 11.9. The summed E-state index contributed by atoms with van der Waals surface area (Å²) in [5.74, 6) is -1.33. The SMILES string of the molecule is CC(C)(C)OC(=O)C(C(=S)S)=C(O)OC(C)(C)C.[H-].[H-].[Na+].[Na+]. The molecule has 1 N–H and O–H groups in total. The number of aliphatic hydroxyl groups excluding tert-OH is 1. The van der Waals surface area contributed by atoms with Crippen molar-refractivity contribution in [3.05, 3.63) is 11.5 Å². The molecule has 0 saturated heterocycles. The first kappa shape index (κ1) is 26.2. The second-order valence-corrected chi connectivity index (χ2v) is 6.86. The van der Waals surface area contributed by atoms with Crippen molar-refractivity contribution in [1.29, 1.82) is 0 Å². The molecule has 0 aliphatic rings. The van der Waals surface area contributed by atoms with Gasteiger partial charge in [0.25, 0.3) is 5.95 Å². The fourth-order valence-electron chi connectivity index (χ4n) is 0.936. The van der Waals surface area contributed by atoms with E-state index in [2.05, 4.69) is 12.6 Å². The molecule has 0 spiro atoms. The molecular weight excluding hydrogens is 318 g/mol. The Kier molecular flexibility index (Phi) is 13.2. The molecule has 0 radical (unpaired) electrons. The summed E-state index contributed by atoms with van der Waals surface area (Å²) in [4.78, 5) is 11.9. The van der Waals surface area contributed by atoms with Crippen molar-refractivity contribution < 1.29 is 81.3 Å². The van der Waals surface area contributed by atoms with E-state index in [1.165, 1.54) is 0 Å². The van der Waals surface area contributed by atoms with Gasteiger partial charge in [-0.05, 0) is 41.5 Å². The first-order valence-electron chi connectivity index (χ1n) is 5.42. The van der Waals surface area contributed by atoms with Gasteiger partial charge < -0.3 is 17.4 Å². The third-order valence-corrected chi connectivity index (χ3v) is 1.86. The van der Waals surface area contributed by atoms with Crippen LogP contribution in [-0.4, -0.2) is 26.5 Å². The van der Waals surface area contributed by atoms with E-state index in [9.17, 15) is 9.90 Å². The van der Waals surface area contributed by atoms with E-state index < -0.39 is 23.1 Å². The van der Waals surface area contributed by atoms with Crippen molar-refractivity contribution in [3.8, 4) is 0 Å². The Morgan fingerprint density at radius 1 is 1.05 bits per heavy atom. The van der Waals surface area contributed by atoms with Crippen LogP contribution in [0.1, 0.15) is 44.4 Å². The van der Waals surface area contributed by atoms with E-state index in [4.69, 9.17) is 21.7 Å². The number of hydrogen-bond acceptors (Lipinski definition) is 5. The van der Waals surface area contributed by atoms with Crippen molar-refractivity contribution in [2.75, 3.05) is 0 Å². The first-order valence-corrected chi connectivity index (χ1v) is 6.28. The number of thiocarbonyl (C=S) groups is 1. The van der Waals surface area contributed by atoms with Crippen molar-refractivity contribution >= 4 is 35.0 Å². The zero-order chi connectivity index (χ0) is 14.7. The van der Waals surface area contributed by atoms with Crippen LogP contribution < -0.4 is 59.1 Å². The number of rotatable bonds is 3. The average molecular weight is 340 g/mol. The van der Waals surface area contributed by atoms with Crippen LogP contribution in [-0.2, 0) is 14.3 Å². The predicted octanol–water partition coefficient (Wildman–Crippen LogP) is -2.60. The topological polar surface area (TPSA) is 55.8 Å². The molecule has 0 aliphatic carbocycles. The van der Waals surface area contributed by atoms with Gasteiger partial charge in [-0.25, -0.2) is 4.79 Å². The van der Waals surface area contributed by atoms with Gasteiger partial charge in [0.1, 0.15) is 11.2 Å². The summed E-state index contributed by atoms with van der Waals surface area (Å²) in [6, 6.07) is 0. The summed E-state index contributed by atoms with van der Waals surface area (Å²) in [6.07, 6.45) is 0. The zero-order valence-electron chi connectivity index (χ0n) is 15.5. The van der Waals surface area contributed by atoms with Crippen LogP contribution in [0.5, 0.6) is 0 Å². The van der Waals surface area contributed by atoms with Gasteiger partial charge in [-0.1, -0.05) is 12.2 Å². The summed E-state index contributed by atoms with van der Waals surface area (Å²) in [7, 11) is 0. The standard InChI is InChI=1S/C12H20O4S2.2Na.2H/c1-11(2,3)15-8(13)7(10(17)18)9(14)16-12(4,5)6;;;;/h13H,1-6H3,(H,17,18);;;;/q;2*+1;2*-1. The number of hydrogen-bond donors (Lipinski definition) is 2. The minimum atomic E-state index is -0.760. The number of aliphatic hydroxyl groups is 1. The Hall–Kier alpha value is 1.25. The predicted molar refractivity (Wildman–Crippen MR) is 80.1 cm³/mol. The molecule has 0 aromatic rings. The summed E-state index contributed by atoms with van der Waals surface area (Å²) >= 11 is 8.72. The van der Waals surface area contributed by atoms with Gasteiger partial charge in [-0.3, -0.25) is 0 Å². The van der Waals surface area contributed by atoms with E-state index in [0.717, 1.165) is 0 Å². The molecule has 0 saturated carbocycles. The molecule has 4 nitrogen and oxygen atoms in total. The van der Waals surface area contributed by atoms with Crippen LogP contribution in [0, 0.1) is 0 Å². The number of carbonyl (C=O) groups is 1. The van der Waals surface area contributed by atoms with E-state index in [1.807, 2.05) is 0 Å². The van der Waals surface area contributed by atoms with Crippen LogP contribution in [0.15, 0.2) is 11.5 Å². The number of thiol groups is 1. The monoisotopic (exact) mass is 340 g/mol. The molecule has 20 heavy (non-hydrogen) atoms. The second kappa shape index (κ2) is 10.1. The third-order valence-electron chi connectivity index (χ3n) is 1.43. The van der Waals surface area contributed by atoms with E-state index >= 15 is 0 Å². The molecular formula is C12H22Na2O4S2.